The van der Waals surface area contributed by atoms with Gasteiger partial charge in [-0.3, -0.25) is 14.5 Å². The van der Waals surface area contributed by atoms with Crippen LogP contribution in [0.1, 0.15) is 19.8 Å². The van der Waals surface area contributed by atoms with E-state index in [1.807, 2.05) is 36.1 Å². The number of carbonyl (C=O) groups excluding carboxylic acids is 2. The monoisotopic (exact) mass is 348 g/mol. The Morgan fingerprint density at radius 2 is 2.08 bits per heavy atom. The number of nitrogens with two attached hydrogens (primary N) is 1. The smallest absolute Gasteiger partial charge is 0.238 e. The van der Waals surface area contributed by atoms with Crippen molar-refractivity contribution in [3.8, 4) is 5.75 Å². The lowest BCUT2D eigenvalue weighted by Gasteiger charge is -2.31. The Kier molecular flexibility index (Phi) is 7.69. The van der Waals surface area contributed by atoms with Crippen LogP contribution >= 0.6 is 0 Å². The zero-order valence-corrected chi connectivity index (χ0v) is 14.8. The van der Waals surface area contributed by atoms with Crippen LogP contribution in [0.15, 0.2) is 24.3 Å². The molecule has 1 aromatic rings. The molecule has 1 fully saturated rings. The number of likely N-dealkylation sites (tertiary alicyclic amines) is 1. The molecule has 7 nitrogen and oxygen atoms in total. The Morgan fingerprint density at radius 1 is 1.32 bits per heavy atom. The third-order valence-electron chi connectivity index (χ3n) is 4.14. The molecule has 1 unspecified atom stereocenters. The Bertz CT molecular complexity index is 562. The standard InChI is InChI=1S/C18H28N4O3/c1-2-25-16-7-5-15(6-8-16)21-17(23)13-22-11-3-4-14(12-22)18(24)20-10-9-19/h5-8,14H,2-4,9-13,19H2,1H3,(H,20,24)(H,21,23). The molecular weight excluding hydrogens is 320 g/mol. The first kappa shape index (κ1) is 19.2. The Morgan fingerprint density at radius 3 is 2.76 bits per heavy atom. The maximum atomic E-state index is 12.2. The fourth-order valence-electron chi connectivity index (χ4n) is 2.96. The number of hydrogen-bond acceptors (Lipinski definition) is 5. The molecule has 2 rings (SSSR count). The van der Waals surface area contributed by atoms with Gasteiger partial charge in [-0.25, -0.2) is 0 Å². The predicted molar refractivity (Wildman–Crippen MR) is 97.5 cm³/mol. The number of nitrogens with one attached hydrogen (secondary N) is 2. The summed E-state index contributed by atoms with van der Waals surface area (Å²) in [4.78, 5) is 26.3. The van der Waals surface area contributed by atoms with Crippen molar-refractivity contribution in [3.63, 3.8) is 0 Å². The molecule has 1 aliphatic rings. The molecular formula is C18H28N4O3. The summed E-state index contributed by atoms with van der Waals surface area (Å²) in [5, 5.41) is 5.71. The highest BCUT2D eigenvalue weighted by Gasteiger charge is 2.26. The first-order valence-corrected chi connectivity index (χ1v) is 8.85. The molecule has 4 N–H and O–H groups in total. The molecule has 0 bridgehead atoms. The first-order chi connectivity index (χ1) is 12.1. The summed E-state index contributed by atoms with van der Waals surface area (Å²) in [7, 11) is 0. The van der Waals surface area contributed by atoms with Crippen molar-refractivity contribution in [2.24, 2.45) is 11.7 Å². The number of anilines is 1. The van der Waals surface area contributed by atoms with E-state index in [0.29, 0.717) is 26.2 Å². The maximum absolute atomic E-state index is 12.2. The predicted octanol–water partition coefficient (Wildman–Crippen LogP) is 0.811. The van der Waals surface area contributed by atoms with Crippen molar-refractivity contribution in [1.82, 2.24) is 10.2 Å². The van der Waals surface area contributed by atoms with E-state index in [1.165, 1.54) is 0 Å². The van der Waals surface area contributed by atoms with E-state index in [9.17, 15) is 9.59 Å². The quantitative estimate of drug-likeness (QED) is 0.646. The van der Waals surface area contributed by atoms with E-state index in [4.69, 9.17) is 10.5 Å². The largest absolute Gasteiger partial charge is 0.494 e. The van der Waals surface area contributed by atoms with Crippen LogP contribution in [0.25, 0.3) is 0 Å². The fraction of sp³-hybridized carbons (Fsp3) is 0.556. The summed E-state index contributed by atoms with van der Waals surface area (Å²) in [6, 6.07) is 7.31. The fourth-order valence-corrected chi connectivity index (χ4v) is 2.96. The maximum Gasteiger partial charge on any atom is 0.238 e. The van der Waals surface area contributed by atoms with Crippen molar-refractivity contribution in [3.05, 3.63) is 24.3 Å². The second kappa shape index (κ2) is 10.0. The minimum atomic E-state index is -0.0767. The van der Waals surface area contributed by atoms with Crippen molar-refractivity contribution in [2.45, 2.75) is 19.8 Å². The van der Waals surface area contributed by atoms with Crippen LogP contribution in [-0.4, -0.2) is 56.0 Å². The molecule has 0 aromatic heterocycles. The van der Waals surface area contributed by atoms with E-state index in [0.717, 1.165) is 30.8 Å². The molecule has 1 saturated heterocycles. The van der Waals surface area contributed by atoms with Crippen LogP contribution in [-0.2, 0) is 9.59 Å². The topological polar surface area (TPSA) is 96.7 Å². The zero-order valence-electron chi connectivity index (χ0n) is 14.8. The van der Waals surface area contributed by atoms with Gasteiger partial charge in [0.05, 0.1) is 19.1 Å². The molecule has 25 heavy (non-hydrogen) atoms. The van der Waals surface area contributed by atoms with Crippen LogP contribution in [0.2, 0.25) is 0 Å². The second-order valence-electron chi connectivity index (χ2n) is 6.16. The van der Waals surface area contributed by atoms with Crippen molar-refractivity contribution in [1.29, 1.82) is 0 Å². The van der Waals surface area contributed by atoms with Crippen LogP contribution in [0, 0.1) is 5.92 Å². The Labute approximate surface area is 148 Å². The van der Waals surface area contributed by atoms with Gasteiger partial charge in [0.15, 0.2) is 0 Å². The molecule has 0 saturated carbocycles. The summed E-state index contributed by atoms with van der Waals surface area (Å²) >= 11 is 0. The highest BCUT2D eigenvalue weighted by Crippen LogP contribution is 2.18. The average Bonchev–Trinajstić information content (AvgIpc) is 2.61. The number of piperidine rings is 1. The van der Waals surface area contributed by atoms with Gasteiger partial charge in [-0.15, -0.1) is 0 Å². The van der Waals surface area contributed by atoms with Gasteiger partial charge in [-0.2, -0.15) is 0 Å². The van der Waals surface area contributed by atoms with Gasteiger partial charge >= 0.3 is 0 Å². The SMILES string of the molecule is CCOc1ccc(NC(=O)CN2CCCC(C(=O)NCCN)C2)cc1. The van der Waals surface area contributed by atoms with Crippen molar-refractivity contribution < 1.29 is 14.3 Å². The molecule has 0 spiro atoms. The number of hydrogen-bond donors (Lipinski definition) is 3. The van der Waals surface area contributed by atoms with E-state index >= 15 is 0 Å². The van der Waals surface area contributed by atoms with Crippen LogP contribution in [0.5, 0.6) is 5.75 Å². The lowest BCUT2D eigenvalue weighted by Crippen LogP contribution is -2.46. The number of ether oxygens (including phenoxy) is 1. The van der Waals surface area contributed by atoms with Crippen LogP contribution < -0.4 is 21.1 Å². The number of amides is 2. The lowest BCUT2D eigenvalue weighted by atomic mass is 9.97. The summed E-state index contributed by atoms with van der Waals surface area (Å²) in [5.74, 6) is 0.663. The van der Waals surface area contributed by atoms with Gasteiger partial charge in [0.2, 0.25) is 11.8 Å². The molecule has 2 amide bonds. The molecule has 0 radical (unpaired) electrons. The minimum absolute atomic E-state index is 0.0297. The zero-order chi connectivity index (χ0) is 18.1. The van der Waals surface area contributed by atoms with Crippen molar-refractivity contribution >= 4 is 17.5 Å². The summed E-state index contributed by atoms with van der Waals surface area (Å²) in [5.41, 5.74) is 6.15. The van der Waals surface area contributed by atoms with Gasteiger partial charge in [-0.05, 0) is 50.6 Å². The number of rotatable bonds is 8. The number of carbonyl (C=O) groups is 2. The summed E-state index contributed by atoms with van der Waals surface area (Å²) in [6.07, 6.45) is 1.77. The Hall–Kier alpha value is -2.12. The first-order valence-electron chi connectivity index (χ1n) is 8.85. The third-order valence-corrected chi connectivity index (χ3v) is 4.14. The van der Waals surface area contributed by atoms with Crippen LogP contribution in [0.4, 0.5) is 5.69 Å². The van der Waals surface area contributed by atoms with Crippen LogP contribution in [0.3, 0.4) is 0 Å². The Balaban J connectivity index is 1.80. The molecule has 7 heteroatoms. The third kappa shape index (κ3) is 6.36. The highest BCUT2D eigenvalue weighted by atomic mass is 16.5. The minimum Gasteiger partial charge on any atom is -0.494 e. The van der Waals surface area contributed by atoms with Crippen molar-refractivity contribution in [2.75, 3.05) is 44.6 Å². The molecule has 138 valence electrons. The molecule has 1 heterocycles. The van der Waals surface area contributed by atoms with Gasteiger partial charge in [0, 0.05) is 25.3 Å². The van der Waals surface area contributed by atoms with E-state index in [2.05, 4.69) is 10.6 Å². The molecule has 1 aromatic carbocycles. The molecule has 1 aliphatic heterocycles. The molecule has 0 aliphatic carbocycles. The van der Waals surface area contributed by atoms with E-state index in [-0.39, 0.29) is 24.3 Å². The molecule has 1 atom stereocenters. The van der Waals surface area contributed by atoms with Gasteiger partial charge in [0.25, 0.3) is 0 Å². The summed E-state index contributed by atoms with van der Waals surface area (Å²) in [6.45, 7) is 5.19. The summed E-state index contributed by atoms with van der Waals surface area (Å²) < 4.78 is 5.38. The van der Waals surface area contributed by atoms with Gasteiger partial charge < -0.3 is 21.1 Å². The highest BCUT2D eigenvalue weighted by molar-refractivity contribution is 5.92. The normalized spacial score (nSPS) is 17.8. The number of benzene rings is 1. The van der Waals surface area contributed by atoms with Gasteiger partial charge in [-0.1, -0.05) is 0 Å². The lowest BCUT2D eigenvalue weighted by molar-refractivity contribution is -0.127. The second-order valence-corrected chi connectivity index (χ2v) is 6.16. The average molecular weight is 348 g/mol. The number of nitrogens with zero attached hydrogens (tertiary/aromatic N) is 1. The van der Waals surface area contributed by atoms with E-state index < -0.39 is 0 Å². The van der Waals surface area contributed by atoms with Gasteiger partial charge in [0.1, 0.15) is 5.75 Å². The van der Waals surface area contributed by atoms with E-state index in [1.54, 1.807) is 0 Å².